The number of nitrogens with one attached hydrogen (secondary N) is 1. The molecule has 4 heteroatoms. The van der Waals surface area contributed by atoms with Crippen molar-refractivity contribution in [3.8, 4) is 11.1 Å². The van der Waals surface area contributed by atoms with Crippen molar-refractivity contribution in [1.29, 1.82) is 0 Å². The van der Waals surface area contributed by atoms with E-state index in [4.69, 9.17) is 11.6 Å². The molecule has 0 aliphatic heterocycles. The lowest BCUT2D eigenvalue weighted by molar-refractivity contribution is 0.572. The first kappa shape index (κ1) is 13.0. The third kappa shape index (κ3) is 3.52. The van der Waals surface area contributed by atoms with E-state index in [0.717, 1.165) is 22.0 Å². The Bertz CT molecular complexity index is 509. The SMILES string of the molecule is CC(C)NCc1ncc(-c2cccc(Cl)c2)cn1. The van der Waals surface area contributed by atoms with Gasteiger partial charge in [-0.15, -0.1) is 0 Å². The number of nitrogens with zero attached hydrogens (tertiary/aromatic N) is 2. The van der Waals surface area contributed by atoms with Crippen molar-refractivity contribution in [2.24, 2.45) is 0 Å². The van der Waals surface area contributed by atoms with Gasteiger partial charge < -0.3 is 5.32 Å². The van der Waals surface area contributed by atoms with Crippen molar-refractivity contribution in [2.75, 3.05) is 0 Å². The summed E-state index contributed by atoms with van der Waals surface area (Å²) in [4.78, 5) is 8.68. The van der Waals surface area contributed by atoms with Gasteiger partial charge in [0.1, 0.15) is 5.82 Å². The predicted octanol–water partition coefficient (Wildman–Crippen LogP) is 3.30. The van der Waals surface area contributed by atoms with Gasteiger partial charge in [0.15, 0.2) is 0 Å². The van der Waals surface area contributed by atoms with Gasteiger partial charge in [0, 0.05) is 29.0 Å². The summed E-state index contributed by atoms with van der Waals surface area (Å²) in [6.45, 7) is 4.88. The molecule has 0 aliphatic rings. The van der Waals surface area contributed by atoms with E-state index in [1.807, 2.05) is 36.7 Å². The van der Waals surface area contributed by atoms with E-state index in [9.17, 15) is 0 Å². The minimum atomic E-state index is 0.432. The van der Waals surface area contributed by atoms with Gasteiger partial charge in [-0.2, -0.15) is 0 Å². The predicted molar refractivity (Wildman–Crippen MR) is 74.5 cm³/mol. The van der Waals surface area contributed by atoms with Crippen LogP contribution in [0.3, 0.4) is 0 Å². The van der Waals surface area contributed by atoms with Crippen LogP contribution in [0.4, 0.5) is 0 Å². The highest BCUT2D eigenvalue weighted by Crippen LogP contribution is 2.21. The summed E-state index contributed by atoms with van der Waals surface area (Å²) in [6.07, 6.45) is 3.66. The molecule has 94 valence electrons. The molecule has 3 nitrogen and oxygen atoms in total. The maximum atomic E-state index is 5.96. The summed E-state index contributed by atoms with van der Waals surface area (Å²) in [5.41, 5.74) is 2.01. The Labute approximate surface area is 112 Å². The van der Waals surface area contributed by atoms with Crippen molar-refractivity contribution in [2.45, 2.75) is 26.4 Å². The summed E-state index contributed by atoms with van der Waals surface area (Å²) in [5.74, 6) is 0.800. The fourth-order valence-corrected chi connectivity index (χ4v) is 1.75. The maximum absolute atomic E-state index is 5.96. The fraction of sp³-hybridized carbons (Fsp3) is 0.286. The zero-order chi connectivity index (χ0) is 13.0. The van der Waals surface area contributed by atoms with Crippen LogP contribution in [0.15, 0.2) is 36.7 Å². The van der Waals surface area contributed by atoms with E-state index < -0.39 is 0 Å². The molecular weight excluding hydrogens is 246 g/mol. The highest BCUT2D eigenvalue weighted by molar-refractivity contribution is 6.30. The monoisotopic (exact) mass is 261 g/mol. The Morgan fingerprint density at radius 2 is 1.89 bits per heavy atom. The van der Waals surface area contributed by atoms with Gasteiger partial charge in [-0.1, -0.05) is 37.6 Å². The molecule has 1 N–H and O–H groups in total. The quantitative estimate of drug-likeness (QED) is 0.918. The van der Waals surface area contributed by atoms with E-state index in [2.05, 4.69) is 29.1 Å². The zero-order valence-corrected chi connectivity index (χ0v) is 11.3. The third-order valence-corrected chi connectivity index (χ3v) is 2.77. The van der Waals surface area contributed by atoms with Gasteiger partial charge in [-0.3, -0.25) is 0 Å². The number of aromatic nitrogens is 2. The third-order valence-electron chi connectivity index (χ3n) is 2.53. The molecule has 0 bridgehead atoms. The molecule has 0 saturated heterocycles. The van der Waals surface area contributed by atoms with Gasteiger partial charge in [0.05, 0.1) is 6.54 Å². The average Bonchev–Trinajstić information content (AvgIpc) is 2.37. The second-order valence-electron chi connectivity index (χ2n) is 4.43. The van der Waals surface area contributed by atoms with Gasteiger partial charge in [-0.25, -0.2) is 9.97 Å². The van der Waals surface area contributed by atoms with Crippen LogP contribution in [-0.2, 0) is 6.54 Å². The molecule has 2 aromatic rings. The van der Waals surface area contributed by atoms with Crippen LogP contribution in [0.1, 0.15) is 19.7 Å². The minimum Gasteiger partial charge on any atom is -0.308 e. The summed E-state index contributed by atoms with van der Waals surface area (Å²) < 4.78 is 0. The molecular formula is C14H16ClN3. The standard InChI is InChI=1S/C14H16ClN3/c1-10(2)16-9-14-17-7-12(8-18-14)11-4-3-5-13(15)6-11/h3-8,10,16H,9H2,1-2H3. The smallest absolute Gasteiger partial charge is 0.141 e. The normalized spacial score (nSPS) is 10.9. The Hall–Kier alpha value is -1.45. The van der Waals surface area contributed by atoms with Gasteiger partial charge in [0.2, 0.25) is 0 Å². The number of halogens is 1. The fourth-order valence-electron chi connectivity index (χ4n) is 1.56. The lowest BCUT2D eigenvalue weighted by Gasteiger charge is -2.07. The first-order valence-electron chi connectivity index (χ1n) is 5.95. The highest BCUT2D eigenvalue weighted by Gasteiger charge is 2.02. The van der Waals surface area contributed by atoms with Crippen molar-refractivity contribution >= 4 is 11.6 Å². The first-order valence-corrected chi connectivity index (χ1v) is 6.33. The van der Waals surface area contributed by atoms with E-state index in [1.54, 1.807) is 0 Å². The highest BCUT2D eigenvalue weighted by atomic mass is 35.5. The second-order valence-corrected chi connectivity index (χ2v) is 4.87. The van der Waals surface area contributed by atoms with Crippen LogP contribution in [0.25, 0.3) is 11.1 Å². The molecule has 0 spiro atoms. The van der Waals surface area contributed by atoms with Crippen LogP contribution in [0.5, 0.6) is 0 Å². The maximum Gasteiger partial charge on any atom is 0.141 e. The Morgan fingerprint density at radius 1 is 1.17 bits per heavy atom. The average molecular weight is 262 g/mol. The molecule has 1 aromatic carbocycles. The molecule has 0 aliphatic carbocycles. The Morgan fingerprint density at radius 3 is 2.50 bits per heavy atom. The topological polar surface area (TPSA) is 37.8 Å². The number of benzene rings is 1. The Balaban J connectivity index is 2.12. The molecule has 1 heterocycles. The summed E-state index contributed by atoms with van der Waals surface area (Å²) >= 11 is 5.96. The van der Waals surface area contributed by atoms with E-state index in [1.165, 1.54) is 0 Å². The molecule has 0 fully saturated rings. The van der Waals surface area contributed by atoms with Crippen molar-refractivity contribution in [1.82, 2.24) is 15.3 Å². The molecule has 1 aromatic heterocycles. The molecule has 0 radical (unpaired) electrons. The number of hydrogen-bond acceptors (Lipinski definition) is 3. The van der Waals surface area contributed by atoms with Gasteiger partial charge in [0.25, 0.3) is 0 Å². The summed E-state index contributed by atoms with van der Waals surface area (Å²) in [6, 6.07) is 8.11. The molecule has 2 rings (SSSR count). The van der Waals surface area contributed by atoms with Crippen molar-refractivity contribution < 1.29 is 0 Å². The minimum absolute atomic E-state index is 0.432. The first-order chi connectivity index (χ1) is 8.65. The van der Waals surface area contributed by atoms with E-state index in [-0.39, 0.29) is 0 Å². The molecule has 0 unspecified atom stereocenters. The molecule has 0 saturated carbocycles. The Kier molecular flexibility index (Phi) is 4.28. The lowest BCUT2D eigenvalue weighted by Crippen LogP contribution is -2.23. The summed E-state index contributed by atoms with van der Waals surface area (Å²) in [7, 11) is 0. The van der Waals surface area contributed by atoms with Crippen LogP contribution in [-0.4, -0.2) is 16.0 Å². The second kappa shape index (κ2) is 5.94. The van der Waals surface area contributed by atoms with Crippen LogP contribution >= 0.6 is 11.6 Å². The van der Waals surface area contributed by atoms with E-state index in [0.29, 0.717) is 12.6 Å². The van der Waals surface area contributed by atoms with Gasteiger partial charge in [-0.05, 0) is 17.7 Å². The number of hydrogen-bond donors (Lipinski definition) is 1. The molecule has 0 atom stereocenters. The number of rotatable bonds is 4. The largest absolute Gasteiger partial charge is 0.308 e. The van der Waals surface area contributed by atoms with Crippen molar-refractivity contribution in [3.63, 3.8) is 0 Å². The molecule has 0 amide bonds. The van der Waals surface area contributed by atoms with Crippen molar-refractivity contribution in [3.05, 3.63) is 47.5 Å². The van der Waals surface area contributed by atoms with Crippen LogP contribution in [0, 0.1) is 0 Å². The van der Waals surface area contributed by atoms with E-state index >= 15 is 0 Å². The van der Waals surface area contributed by atoms with Crippen LogP contribution < -0.4 is 5.32 Å². The zero-order valence-electron chi connectivity index (χ0n) is 10.5. The summed E-state index contributed by atoms with van der Waals surface area (Å²) in [5, 5.41) is 4.00. The van der Waals surface area contributed by atoms with Crippen LogP contribution in [0.2, 0.25) is 5.02 Å². The van der Waals surface area contributed by atoms with Gasteiger partial charge >= 0.3 is 0 Å². The lowest BCUT2D eigenvalue weighted by atomic mass is 10.1. The molecule has 18 heavy (non-hydrogen) atoms.